The smallest absolute Gasteiger partial charge is 0.285 e. The topological polar surface area (TPSA) is 78.8 Å². The zero-order valence-corrected chi connectivity index (χ0v) is 16.6. The van der Waals surface area contributed by atoms with Crippen LogP contribution in [0.5, 0.6) is 0 Å². The lowest BCUT2D eigenvalue weighted by Gasteiger charge is -2.25. The van der Waals surface area contributed by atoms with Gasteiger partial charge in [-0.2, -0.15) is 8.42 Å². The van der Waals surface area contributed by atoms with Crippen molar-refractivity contribution >= 4 is 21.8 Å². The van der Waals surface area contributed by atoms with Crippen molar-refractivity contribution in [1.82, 2.24) is 10.2 Å². The van der Waals surface area contributed by atoms with Gasteiger partial charge in [-0.25, -0.2) is 0 Å². The predicted octanol–water partition coefficient (Wildman–Crippen LogP) is 2.27. The molecule has 0 unspecified atom stereocenters. The molecule has 4 rings (SSSR count). The highest BCUT2D eigenvalue weighted by molar-refractivity contribution is 7.90. The summed E-state index contributed by atoms with van der Waals surface area (Å²) < 4.78 is 28.7. The fourth-order valence-corrected chi connectivity index (χ4v) is 5.13. The third-order valence-electron chi connectivity index (χ3n) is 5.39. The van der Waals surface area contributed by atoms with E-state index in [1.54, 1.807) is 24.3 Å². The lowest BCUT2D eigenvalue weighted by molar-refractivity contribution is -0.124. The van der Waals surface area contributed by atoms with E-state index >= 15 is 0 Å². The van der Waals surface area contributed by atoms with Crippen LogP contribution >= 0.6 is 0 Å². The molecular formula is C21H23N3O3S. The van der Waals surface area contributed by atoms with Gasteiger partial charge in [0, 0.05) is 18.7 Å². The maximum Gasteiger partial charge on any atom is 0.285 e. The van der Waals surface area contributed by atoms with Crippen LogP contribution in [0.25, 0.3) is 0 Å². The van der Waals surface area contributed by atoms with E-state index in [1.165, 1.54) is 11.1 Å². The summed E-state index contributed by atoms with van der Waals surface area (Å²) in [5, 5.41) is 3.01. The van der Waals surface area contributed by atoms with Crippen molar-refractivity contribution < 1.29 is 13.2 Å². The molecule has 1 amide bonds. The highest BCUT2D eigenvalue weighted by Gasteiger charge is 2.39. The first-order valence-electron chi connectivity index (χ1n) is 9.50. The van der Waals surface area contributed by atoms with Crippen molar-refractivity contribution in [2.75, 3.05) is 13.1 Å². The van der Waals surface area contributed by atoms with Crippen LogP contribution in [0.15, 0.2) is 57.8 Å². The molecule has 0 saturated carbocycles. The summed E-state index contributed by atoms with van der Waals surface area (Å²) in [5.74, 6) is 0.322. The molecule has 28 heavy (non-hydrogen) atoms. The van der Waals surface area contributed by atoms with Crippen molar-refractivity contribution in [2.45, 2.75) is 37.1 Å². The first-order valence-corrected chi connectivity index (χ1v) is 10.9. The molecule has 0 spiro atoms. The van der Waals surface area contributed by atoms with Crippen molar-refractivity contribution in [3.63, 3.8) is 0 Å². The van der Waals surface area contributed by atoms with Crippen molar-refractivity contribution in [3.05, 3.63) is 65.2 Å². The SMILES string of the molecule is Cc1ccccc1CCNC(=O)[C@@H]1CCCN1C1=NS(=O)(=O)c2ccccc21. The van der Waals surface area contributed by atoms with E-state index in [-0.39, 0.29) is 10.8 Å². The minimum Gasteiger partial charge on any atom is -0.354 e. The minimum atomic E-state index is -3.68. The molecule has 2 aromatic carbocycles. The Balaban J connectivity index is 1.47. The summed E-state index contributed by atoms with van der Waals surface area (Å²) in [6.45, 7) is 3.24. The Morgan fingerprint density at radius 2 is 1.93 bits per heavy atom. The maximum absolute atomic E-state index is 12.8. The number of nitrogens with one attached hydrogen (secondary N) is 1. The standard InChI is InChI=1S/C21H23N3O3S/c1-15-7-2-3-8-16(15)12-13-22-21(25)18-10-6-14-24(18)20-17-9-4-5-11-19(17)28(26,27)23-20/h2-5,7-9,11,18H,6,10,12-14H2,1H3,(H,22,25)/t18-/m0/s1. The highest BCUT2D eigenvalue weighted by Crippen LogP contribution is 2.31. The Hall–Kier alpha value is -2.67. The van der Waals surface area contributed by atoms with E-state index in [0.717, 1.165) is 12.8 Å². The molecule has 1 fully saturated rings. The van der Waals surface area contributed by atoms with Gasteiger partial charge in [0.05, 0.1) is 0 Å². The molecule has 0 aliphatic carbocycles. The van der Waals surface area contributed by atoms with E-state index in [9.17, 15) is 13.2 Å². The van der Waals surface area contributed by atoms with E-state index in [4.69, 9.17) is 0 Å². The molecule has 0 radical (unpaired) electrons. The van der Waals surface area contributed by atoms with Crippen molar-refractivity contribution in [1.29, 1.82) is 0 Å². The van der Waals surface area contributed by atoms with Gasteiger partial charge in [-0.1, -0.05) is 36.4 Å². The third-order valence-corrected chi connectivity index (χ3v) is 6.72. The summed E-state index contributed by atoms with van der Waals surface area (Å²) in [6, 6.07) is 14.5. The zero-order chi connectivity index (χ0) is 19.7. The first kappa shape index (κ1) is 18.7. The molecule has 2 aliphatic rings. The van der Waals surface area contributed by atoms with Crippen molar-refractivity contribution in [3.8, 4) is 0 Å². The van der Waals surface area contributed by atoms with Crippen LogP contribution in [-0.4, -0.2) is 44.2 Å². The Labute approximate surface area is 165 Å². The highest BCUT2D eigenvalue weighted by atomic mass is 32.2. The fraction of sp³-hybridized carbons (Fsp3) is 0.333. The average Bonchev–Trinajstić information content (AvgIpc) is 3.26. The average molecular weight is 398 g/mol. The van der Waals surface area contributed by atoms with Gasteiger partial charge in [0.25, 0.3) is 10.0 Å². The molecular weight excluding hydrogens is 374 g/mol. The number of benzene rings is 2. The number of nitrogens with zero attached hydrogens (tertiary/aromatic N) is 2. The van der Waals surface area contributed by atoms with Gasteiger partial charge in [-0.3, -0.25) is 4.79 Å². The first-order chi connectivity index (χ1) is 13.5. The van der Waals surface area contributed by atoms with Gasteiger partial charge >= 0.3 is 0 Å². The molecule has 1 atom stereocenters. The number of carbonyl (C=O) groups is 1. The zero-order valence-electron chi connectivity index (χ0n) is 15.8. The van der Waals surface area contributed by atoms with Crippen LogP contribution in [-0.2, 0) is 21.2 Å². The van der Waals surface area contributed by atoms with Gasteiger partial charge in [-0.15, -0.1) is 4.40 Å². The predicted molar refractivity (Wildman–Crippen MR) is 108 cm³/mol. The maximum atomic E-state index is 12.8. The molecule has 1 saturated heterocycles. The Bertz CT molecular complexity index is 1050. The Morgan fingerprint density at radius 1 is 1.18 bits per heavy atom. The monoisotopic (exact) mass is 397 g/mol. The van der Waals surface area contributed by atoms with E-state index in [2.05, 4.69) is 28.8 Å². The number of sulfonamides is 1. The number of fused-ring (bicyclic) bond motifs is 1. The summed E-state index contributed by atoms with van der Waals surface area (Å²) in [6.07, 6.45) is 2.29. The molecule has 6 nitrogen and oxygen atoms in total. The van der Waals surface area contributed by atoms with Crippen LogP contribution in [0.2, 0.25) is 0 Å². The van der Waals surface area contributed by atoms with Crippen LogP contribution in [0, 0.1) is 6.92 Å². The second-order valence-electron chi connectivity index (χ2n) is 7.21. The second kappa shape index (κ2) is 7.39. The van der Waals surface area contributed by atoms with Gasteiger partial charge in [-0.05, 0) is 49.4 Å². The Morgan fingerprint density at radius 3 is 2.75 bits per heavy atom. The number of amidine groups is 1. The molecule has 146 valence electrons. The Kier molecular flexibility index (Phi) is 4.93. The number of rotatable bonds is 4. The van der Waals surface area contributed by atoms with Gasteiger partial charge in [0.15, 0.2) is 5.84 Å². The van der Waals surface area contributed by atoms with Crippen molar-refractivity contribution in [2.24, 2.45) is 4.40 Å². The number of carbonyl (C=O) groups excluding carboxylic acids is 1. The number of amides is 1. The molecule has 7 heteroatoms. The van der Waals surface area contributed by atoms with Crippen LogP contribution in [0.4, 0.5) is 0 Å². The van der Waals surface area contributed by atoms with Crippen LogP contribution in [0.1, 0.15) is 29.5 Å². The fourth-order valence-electron chi connectivity index (χ4n) is 3.92. The molecule has 2 aromatic rings. The summed E-state index contributed by atoms with van der Waals surface area (Å²) in [7, 11) is -3.68. The quantitative estimate of drug-likeness (QED) is 0.858. The minimum absolute atomic E-state index is 0.0736. The lowest BCUT2D eigenvalue weighted by atomic mass is 10.1. The van der Waals surface area contributed by atoms with E-state index in [0.29, 0.717) is 30.9 Å². The van der Waals surface area contributed by atoms with Gasteiger partial charge < -0.3 is 10.2 Å². The van der Waals surface area contributed by atoms with Crippen LogP contribution < -0.4 is 5.32 Å². The number of hydrogen-bond acceptors (Lipinski definition) is 4. The molecule has 0 aromatic heterocycles. The number of likely N-dealkylation sites (tertiary alicyclic amines) is 1. The molecule has 2 heterocycles. The third kappa shape index (κ3) is 3.42. The summed E-state index contributed by atoms with van der Waals surface area (Å²) in [5.41, 5.74) is 3.01. The largest absolute Gasteiger partial charge is 0.354 e. The second-order valence-corrected chi connectivity index (χ2v) is 8.78. The molecule has 1 N–H and O–H groups in total. The molecule has 2 aliphatic heterocycles. The van der Waals surface area contributed by atoms with Gasteiger partial charge in [0.1, 0.15) is 10.9 Å². The van der Waals surface area contributed by atoms with E-state index < -0.39 is 16.1 Å². The summed E-state index contributed by atoms with van der Waals surface area (Å²) >= 11 is 0. The summed E-state index contributed by atoms with van der Waals surface area (Å²) in [4.78, 5) is 14.9. The van der Waals surface area contributed by atoms with Gasteiger partial charge in [0.2, 0.25) is 5.91 Å². The number of aryl methyl sites for hydroxylation is 1. The molecule has 0 bridgehead atoms. The van der Waals surface area contributed by atoms with E-state index in [1.807, 2.05) is 17.0 Å². The number of hydrogen-bond donors (Lipinski definition) is 1. The lowest BCUT2D eigenvalue weighted by Crippen LogP contribution is -2.46. The van der Waals surface area contributed by atoms with Crippen LogP contribution in [0.3, 0.4) is 0 Å². The normalized spacial score (nSPS) is 20.0.